The summed E-state index contributed by atoms with van der Waals surface area (Å²) in [5.41, 5.74) is 3.93. The number of benzene rings is 1. The van der Waals surface area contributed by atoms with Crippen LogP contribution >= 0.6 is 0 Å². The summed E-state index contributed by atoms with van der Waals surface area (Å²) in [5.74, 6) is 0.565. The maximum atomic E-state index is 13.8. The van der Waals surface area contributed by atoms with Crippen LogP contribution < -0.4 is 0 Å². The molecule has 1 nitrogen and oxygen atoms in total. The fraction of sp³-hybridized carbons (Fsp3) is 0.500. The Balaban J connectivity index is 2.43. The topological polar surface area (TPSA) is 12.4 Å². The molecule has 0 aromatic heterocycles. The van der Waals surface area contributed by atoms with Crippen LogP contribution in [0.2, 0.25) is 0 Å². The molecule has 0 saturated heterocycles. The van der Waals surface area contributed by atoms with Crippen LogP contribution in [0.15, 0.2) is 17.1 Å². The number of aliphatic imine (C=N–C) groups is 1. The van der Waals surface area contributed by atoms with Crippen LogP contribution in [0.5, 0.6) is 0 Å². The number of hydrogen-bond acceptors (Lipinski definition) is 1. The zero-order valence-corrected chi connectivity index (χ0v) is 10.3. The van der Waals surface area contributed by atoms with Gasteiger partial charge >= 0.3 is 0 Å². The highest BCUT2D eigenvalue weighted by Crippen LogP contribution is 2.33. The van der Waals surface area contributed by atoms with E-state index in [1.165, 1.54) is 0 Å². The van der Waals surface area contributed by atoms with Crippen molar-refractivity contribution in [1.29, 1.82) is 0 Å². The third-order valence-corrected chi connectivity index (χ3v) is 3.12. The number of nitrogens with zero attached hydrogens (tertiary/aromatic N) is 1. The summed E-state index contributed by atoms with van der Waals surface area (Å²) >= 11 is 0. The molecule has 0 fully saturated rings. The summed E-state index contributed by atoms with van der Waals surface area (Å²) in [7, 11) is 0. The predicted octanol–water partition coefficient (Wildman–Crippen LogP) is 4.23. The first-order valence-corrected chi connectivity index (χ1v) is 5.88. The maximum Gasteiger partial charge on any atom is 0.127 e. The minimum Gasteiger partial charge on any atom is -0.257 e. The van der Waals surface area contributed by atoms with E-state index in [4.69, 9.17) is 0 Å². The van der Waals surface area contributed by atoms with Gasteiger partial charge in [-0.15, -0.1) is 0 Å². The molecule has 16 heavy (non-hydrogen) atoms. The Bertz CT molecular complexity index is 444. The molecule has 86 valence electrons. The van der Waals surface area contributed by atoms with Gasteiger partial charge in [0.25, 0.3) is 0 Å². The summed E-state index contributed by atoms with van der Waals surface area (Å²) in [4.78, 5) is 4.59. The second-order valence-electron chi connectivity index (χ2n) is 5.09. The summed E-state index contributed by atoms with van der Waals surface area (Å²) in [6, 6.07) is 3.56. The SMILES string of the molecule is CC(C)C1=Nc2cc(C(C)C)c(F)cc2C1. The molecule has 0 amide bonds. The van der Waals surface area contributed by atoms with Gasteiger partial charge in [-0.1, -0.05) is 27.7 Å². The average Bonchev–Trinajstić information content (AvgIpc) is 2.58. The van der Waals surface area contributed by atoms with Gasteiger partial charge in [0.1, 0.15) is 5.82 Å². The third-order valence-electron chi connectivity index (χ3n) is 3.12. The standard InChI is InChI=1S/C14H18FN/c1-8(2)11-7-14-10(5-12(11)15)6-13(16-14)9(3)4/h5,7-9H,6H2,1-4H3. The zero-order valence-electron chi connectivity index (χ0n) is 10.3. The Hall–Kier alpha value is -1.18. The van der Waals surface area contributed by atoms with Crippen LogP contribution in [0, 0.1) is 11.7 Å². The number of fused-ring (bicyclic) bond motifs is 1. The van der Waals surface area contributed by atoms with Gasteiger partial charge in [0.2, 0.25) is 0 Å². The average molecular weight is 219 g/mol. The van der Waals surface area contributed by atoms with Crippen molar-refractivity contribution >= 4 is 11.4 Å². The van der Waals surface area contributed by atoms with Crippen molar-refractivity contribution < 1.29 is 4.39 Å². The highest BCUT2D eigenvalue weighted by atomic mass is 19.1. The van der Waals surface area contributed by atoms with Crippen LogP contribution in [0.4, 0.5) is 10.1 Å². The molecule has 2 rings (SSSR count). The van der Waals surface area contributed by atoms with Gasteiger partial charge in [0.05, 0.1) is 5.69 Å². The molecular weight excluding hydrogens is 201 g/mol. The molecule has 0 atom stereocenters. The van der Waals surface area contributed by atoms with Gasteiger partial charge in [0, 0.05) is 12.1 Å². The molecule has 0 saturated carbocycles. The fourth-order valence-electron chi connectivity index (χ4n) is 2.03. The molecule has 0 spiro atoms. The van der Waals surface area contributed by atoms with E-state index in [0.29, 0.717) is 5.92 Å². The monoisotopic (exact) mass is 219 g/mol. The summed E-state index contributed by atoms with van der Waals surface area (Å²) in [6.07, 6.45) is 0.808. The van der Waals surface area contributed by atoms with E-state index in [1.54, 1.807) is 6.07 Å². The Morgan fingerprint density at radius 1 is 1.12 bits per heavy atom. The number of rotatable bonds is 2. The molecular formula is C14H18FN. The normalized spacial score (nSPS) is 14.6. The molecule has 0 bridgehead atoms. The van der Waals surface area contributed by atoms with Crippen molar-refractivity contribution in [1.82, 2.24) is 0 Å². The van der Waals surface area contributed by atoms with Crippen LogP contribution in [-0.2, 0) is 6.42 Å². The van der Waals surface area contributed by atoms with Crippen molar-refractivity contribution in [3.05, 3.63) is 29.1 Å². The quantitative estimate of drug-likeness (QED) is 0.705. The van der Waals surface area contributed by atoms with Crippen LogP contribution in [0.1, 0.15) is 44.7 Å². The van der Waals surface area contributed by atoms with Gasteiger partial charge in [-0.2, -0.15) is 0 Å². The van der Waals surface area contributed by atoms with E-state index in [9.17, 15) is 4.39 Å². The van der Waals surface area contributed by atoms with Crippen LogP contribution in [-0.4, -0.2) is 5.71 Å². The molecule has 1 aromatic carbocycles. The van der Waals surface area contributed by atoms with Gasteiger partial charge in [-0.3, -0.25) is 4.99 Å². The van der Waals surface area contributed by atoms with Crippen molar-refractivity contribution in [3.63, 3.8) is 0 Å². The van der Waals surface area contributed by atoms with E-state index >= 15 is 0 Å². The number of halogens is 1. The summed E-state index contributed by atoms with van der Waals surface area (Å²) in [5, 5.41) is 0. The Morgan fingerprint density at radius 2 is 1.81 bits per heavy atom. The smallest absolute Gasteiger partial charge is 0.127 e. The van der Waals surface area contributed by atoms with Gasteiger partial charge < -0.3 is 0 Å². The second kappa shape index (κ2) is 4.00. The third kappa shape index (κ3) is 1.89. The number of hydrogen-bond donors (Lipinski definition) is 0. The lowest BCUT2D eigenvalue weighted by Gasteiger charge is -2.08. The van der Waals surface area contributed by atoms with Gasteiger partial charge in [0.15, 0.2) is 0 Å². The lowest BCUT2D eigenvalue weighted by molar-refractivity contribution is 0.597. The van der Waals surface area contributed by atoms with Crippen LogP contribution in [0.3, 0.4) is 0 Å². The van der Waals surface area contributed by atoms with Gasteiger partial charge in [-0.05, 0) is 35.1 Å². The predicted molar refractivity (Wildman–Crippen MR) is 66.1 cm³/mol. The molecule has 2 heteroatoms. The van der Waals surface area contributed by atoms with E-state index in [-0.39, 0.29) is 11.7 Å². The highest BCUT2D eigenvalue weighted by Gasteiger charge is 2.20. The molecule has 1 aromatic rings. The molecule has 1 aliphatic rings. The molecule has 0 unspecified atom stereocenters. The summed E-state index contributed by atoms with van der Waals surface area (Å²) < 4.78 is 13.8. The first-order chi connectivity index (χ1) is 7.49. The molecule has 1 aliphatic heterocycles. The largest absolute Gasteiger partial charge is 0.257 e. The van der Waals surface area contributed by atoms with Crippen LogP contribution in [0.25, 0.3) is 0 Å². The molecule has 0 radical (unpaired) electrons. The second-order valence-corrected chi connectivity index (χ2v) is 5.09. The lowest BCUT2D eigenvalue weighted by atomic mass is 9.97. The molecule has 0 N–H and O–H groups in total. The first kappa shape index (κ1) is 11.3. The molecule has 0 aliphatic carbocycles. The fourth-order valence-corrected chi connectivity index (χ4v) is 2.03. The first-order valence-electron chi connectivity index (χ1n) is 5.88. The Morgan fingerprint density at radius 3 is 2.38 bits per heavy atom. The Labute approximate surface area is 96.4 Å². The lowest BCUT2D eigenvalue weighted by Crippen LogP contribution is -2.06. The Kier molecular flexibility index (Phi) is 2.83. The van der Waals surface area contributed by atoms with Gasteiger partial charge in [-0.25, -0.2) is 4.39 Å². The van der Waals surface area contributed by atoms with Crippen molar-refractivity contribution in [3.8, 4) is 0 Å². The van der Waals surface area contributed by atoms with E-state index < -0.39 is 0 Å². The highest BCUT2D eigenvalue weighted by molar-refractivity contribution is 5.95. The minimum atomic E-state index is -0.0889. The molecule has 1 heterocycles. The minimum absolute atomic E-state index is 0.0889. The summed E-state index contributed by atoms with van der Waals surface area (Å²) in [6.45, 7) is 8.27. The van der Waals surface area contributed by atoms with E-state index in [2.05, 4.69) is 18.8 Å². The van der Waals surface area contributed by atoms with E-state index in [0.717, 1.165) is 28.9 Å². The zero-order chi connectivity index (χ0) is 11.9. The maximum absolute atomic E-state index is 13.8. The van der Waals surface area contributed by atoms with E-state index in [1.807, 2.05) is 19.9 Å². The van der Waals surface area contributed by atoms with Crippen molar-refractivity contribution in [2.24, 2.45) is 10.9 Å². The van der Waals surface area contributed by atoms with Crippen molar-refractivity contribution in [2.45, 2.75) is 40.0 Å². The van der Waals surface area contributed by atoms with Crippen molar-refractivity contribution in [2.75, 3.05) is 0 Å².